The van der Waals surface area contributed by atoms with Gasteiger partial charge < -0.3 is 5.32 Å². The Bertz CT molecular complexity index is 409. The normalized spacial score (nSPS) is 24.4. The van der Waals surface area contributed by atoms with Gasteiger partial charge in [0.25, 0.3) is 0 Å². The molecule has 0 spiro atoms. The van der Waals surface area contributed by atoms with Crippen molar-refractivity contribution in [1.82, 2.24) is 10.3 Å². The van der Waals surface area contributed by atoms with E-state index in [1.807, 2.05) is 25.1 Å². The fourth-order valence-electron chi connectivity index (χ4n) is 2.57. The van der Waals surface area contributed by atoms with Crippen LogP contribution in [0, 0.1) is 12.8 Å². The van der Waals surface area contributed by atoms with E-state index in [1.54, 1.807) is 0 Å². The molecule has 1 aliphatic carbocycles. The Labute approximate surface area is 111 Å². The number of nitrogens with one attached hydrogen (secondary N) is 1. The standard InChI is InChI=1S/C14H19F3N2/c1-10-3-2-4-13(19-10)9-18-12-7-5-11(6-8-12)14(15,16)17/h2-4,11-12,18H,5-9H2,1H3. The molecule has 1 aromatic heterocycles. The molecular weight excluding hydrogens is 253 g/mol. The monoisotopic (exact) mass is 272 g/mol. The molecular formula is C14H19F3N2. The maximum Gasteiger partial charge on any atom is 0.391 e. The van der Waals surface area contributed by atoms with Crippen molar-refractivity contribution in [2.24, 2.45) is 5.92 Å². The Morgan fingerprint density at radius 1 is 1.21 bits per heavy atom. The minimum absolute atomic E-state index is 0.181. The van der Waals surface area contributed by atoms with E-state index in [4.69, 9.17) is 0 Å². The van der Waals surface area contributed by atoms with Crippen molar-refractivity contribution >= 4 is 0 Å². The summed E-state index contributed by atoms with van der Waals surface area (Å²) in [5.74, 6) is -1.11. The zero-order valence-electron chi connectivity index (χ0n) is 11.0. The average molecular weight is 272 g/mol. The van der Waals surface area contributed by atoms with Crippen molar-refractivity contribution in [2.45, 2.75) is 51.4 Å². The molecule has 1 aliphatic rings. The number of aromatic nitrogens is 1. The highest BCUT2D eigenvalue weighted by Gasteiger charge is 2.41. The first kappa shape index (κ1) is 14.3. The second-order valence-corrected chi connectivity index (χ2v) is 5.24. The molecule has 0 aliphatic heterocycles. The SMILES string of the molecule is Cc1cccc(CNC2CCC(C(F)(F)F)CC2)n1. The highest BCUT2D eigenvalue weighted by Crippen LogP contribution is 2.37. The van der Waals surface area contributed by atoms with Gasteiger partial charge in [-0.3, -0.25) is 4.98 Å². The minimum Gasteiger partial charge on any atom is -0.308 e. The lowest BCUT2D eigenvalue weighted by molar-refractivity contribution is -0.182. The third-order valence-electron chi connectivity index (χ3n) is 3.71. The number of halogens is 3. The van der Waals surface area contributed by atoms with Gasteiger partial charge in [0.15, 0.2) is 0 Å². The molecule has 19 heavy (non-hydrogen) atoms. The van der Waals surface area contributed by atoms with Gasteiger partial charge in [-0.15, -0.1) is 0 Å². The third-order valence-corrected chi connectivity index (χ3v) is 3.71. The number of hydrogen-bond acceptors (Lipinski definition) is 2. The van der Waals surface area contributed by atoms with Gasteiger partial charge in [-0.2, -0.15) is 13.2 Å². The van der Waals surface area contributed by atoms with Crippen LogP contribution in [0.25, 0.3) is 0 Å². The Hall–Kier alpha value is -1.10. The second kappa shape index (κ2) is 5.90. The molecule has 1 saturated carbocycles. The van der Waals surface area contributed by atoms with Crippen LogP contribution in [0.5, 0.6) is 0 Å². The maximum absolute atomic E-state index is 12.5. The lowest BCUT2D eigenvalue weighted by atomic mass is 9.85. The van der Waals surface area contributed by atoms with Crippen LogP contribution in [-0.4, -0.2) is 17.2 Å². The summed E-state index contributed by atoms with van der Waals surface area (Å²) in [6, 6.07) is 5.99. The van der Waals surface area contributed by atoms with Gasteiger partial charge >= 0.3 is 6.18 Å². The number of hydrogen-bond donors (Lipinski definition) is 1. The van der Waals surface area contributed by atoms with Crippen LogP contribution in [-0.2, 0) is 6.54 Å². The molecule has 1 N–H and O–H groups in total. The van der Waals surface area contributed by atoms with Crippen LogP contribution in [0.1, 0.15) is 37.1 Å². The van der Waals surface area contributed by atoms with Gasteiger partial charge in [0.05, 0.1) is 11.6 Å². The molecule has 0 atom stereocenters. The van der Waals surface area contributed by atoms with Crippen LogP contribution < -0.4 is 5.32 Å². The number of aryl methyl sites for hydroxylation is 1. The molecule has 2 rings (SSSR count). The lowest BCUT2D eigenvalue weighted by Gasteiger charge is -2.30. The largest absolute Gasteiger partial charge is 0.391 e. The topological polar surface area (TPSA) is 24.9 Å². The minimum atomic E-state index is -4.02. The highest BCUT2D eigenvalue weighted by molar-refractivity contribution is 5.09. The molecule has 1 heterocycles. The highest BCUT2D eigenvalue weighted by atomic mass is 19.4. The van der Waals surface area contributed by atoms with Crippen molar-refractivity contribution < 1.29 is 13.2 Å². The Kier molecular flexibility index (Phi) is 4.45. The van der Waals surface area contributed by atoms with E-state index in [9.17, 15) is 13.2 Å². The van der Waals surface area contributed by atoms with E-state index in [1.165, 1.54) is 0 Å². The first-order valence-corrected chi connectivity index (χ1v) is 6.68. The summed E-state index contributed by atoms with van der Waals surface area (Å²) in [4.78, 5) is 4.37. The lowest BCUT2D eigenvalue weighted by Crippen LogP contribution is -2.36. The molecule has 2 nitrogen and oxygen atoms in total. The van der Waals surface area contributed by atoms with E-state index in [0.717, 1.165) is 11.4 Å². The van der Waals surface area contributed by atoms with E-state index >= 15 is 0 Å². The number of alkyl halides is 3. The number of rotatable bonds is 3. The molecule has 5 heteroatoms. The summed E-state index contributed by atoms with van der Waals surface area (Å²) in [6.07, 6.45) is -2.36. The number of nitrogens with zero attached hydrogens (tertiary/aromatic N) is 1. The van der Waals surface area contributed by atoms with Gasteiger partial charge in [0.1, 0.15) is 0 Å². The predicted molar refractivity (Wildman–Crippen MR) is 67.6 cm³/mol. The first-order valence-electron chi connectivity index (χ1n) is 6.68. The van der Waals surface area contributed by atoms with E-state index in [0.29, 0.717) is 19.4 Å². The van der Waals surface area contributed by atoms with Crippen molar-refractivity contribution in [3.63, 3.8) is 0 Å². The average Bonchev–Trinajstić information content (AvgIpc) is 2.36. The summed E-state index contributed by atoms with van der Waals surface area (Å²) in [5, 5.41) is 3.31. The van der Waals surface area contributed by atoms with Crippen LogP contribution in [0.4, 0.5) is 13.2 Å². The molecule has 0 unspecified atom stereocenters. The van der Waals surface area contributed by atoms with E-state index < -0.39 is 12.1 Å². The summed E-state index contributed by atoms with van der Waals surface area (Å²) in [7, 11) is 0. The van der Waals surface area contributed by atoms with Crippen LogP contribution in [0.3, 0.4) is 0 Å². The summed E-state index contributed by atoms with van der Waals surface area (Å²) in [5.41, 5.74) is 1.90. The quantitative estimate of drug-likeness (QED) is 0.909. The van der Waals surface area contributed by atoms with Crippen molar-refractivity contribution in [1.29, 1.82) is 0 Å². The predicted octanol–water partition coefficient (Wildman–Crippen LogP) is 3.60. The summed E-state index contributed by atoms with van der Waals surface area (Å²) >= 11 is 0. The van der Waals surface area contributed by atoms with Crippen molar-refractivity contribution in [3.05, 3.63) is 29.6 Å². The third kappa shape index (κ3) is 4.20. The van der Waals surface area contributed by atoms with Crippen LogP contribution in [0.2, 0.25) is 0 Å². The molecule has 0 aromatic carbocycles. The van der Waals surface area contributed by atoms with Gasteiger partial charge in [-0.05, 0) is 44.7 Å². The van der Waals surface area contributed by atoms with Gasteiger partial charge in [-0.1, -0.05) is 6.07 Å². The second-order valence-electron chi connectivity index (χ2n) is 5.24. The van der Waals surface area contributed by atoms with Gasteiger partial charge in [0, 0.05) is 18.3 Å². The van der Waals surface area contributed by atoms with Gasteiger partial charge in [-0.25, -0.2) is 0 Å². The molecule has 0 saturated heterocycles. The fourth-order valence-corrected chi connectivity index (χ4v) is 2.57. The molecule has 106 valence electrons. The van der Waals surface area contributed by atoms with Gasteiger partial charge in [0.2, 0.25) is 0 Å². The number of pyridine rings is 1. The first-order chi connectivity index (χ1) is 8.95. The molecule has 0 radical (unpaired) electrons. The van der Waals surface area contributed by atoms with Crippen molar-refractivity contribution in [3.8, 4) is 0 Å². The van der Waals surface area contributed by atoms with Crippen molar-refractivity contribution in [2.75, 3.05) is 0 Å². The molecule has 1 fully saturated rings. The zero-order valence-corrected chi connectivity index (χ0v) is 11.0. The molecule has 0 bridgehead atoms. The zero-order chi connectivity index (χ0) is 13.9. The Balaban J connectivity index is 1.77. The fraction of sp³-hybridized carbons (Fsp3) is 0.643. The summed E-state index contributed by atoms with van der Waals surface area (Å²) < 4.78 is 37.6. The molecule has 1 aromatic rings. The summed E-state index contributed by atoms with van der Waals surface area (Å²) in [6.45, 7) is 2.56. The van der Waals surface area contributed by atoms with E-state index in [-0.39, 0.29) is 18.9 Å². The van der Waals surface area contributed by atoms with Crippen LogP contribution in [0.15, 0.2) is 18.2 Å². The Morgan fingerprint density at radius 2 is 1.89 bits per heavy atom. The van der Waals surface area contributed by atoms with E-state index in [2.05, 4.69) is 10.3 Å². The smallest absolute Gasteiger partial charge is 0.308 e. The maximum atomic E-state index is 12.5. The molecule has 0 amide bonds. The Morgan fingerprint density at radius 3 is 2.47 bits per heavy atom. The van der Waals surface area contributed by atoms with Crippen LogP contribution >= 0.6 is 0 Å².